The van der Waals surface area contributed by atoms with Crippen LogP contribution in [0.4, 0.5) is 0 Å². The number of ketones is 1. The number of fused-ring (bicyclic) bond motifs is 1. The van der Waals surface area contributed by atoms with Gasteiger partial charge in [0.1, 0.15) is 12.2 Å². The first-order valence-corrected chi connectivity index (χ1v) is 14.0. The number of hydrogen-bond acceptors (Lipinski definition) is 7. The number of carbonyl (C=O) groups excluding carboxylic acids is 2. The van der Waals surface area contributed by atoms with Gasteiger partial charge in [-0.25, -0.2) is 4.79 Å². The topological polar surface area (TPSA) is 94.8 Å². The molecule has 2 aliphatic heterocycles. The zero-order valence-corrected chi connectivity index (χ0v) is 23.2. The molecule has 0 unspecified atom stereocenters. The summed E-state index contributed by atoms with van der Waals surface area (Å²) in [5.41, 5.74) is 4.36. The maximum Gasteiger partial charge on any atom is 0.336 e. The lowest BCUT2D eigenvalue weighted by Crippen LogP contribution is -2.38. The molecule has 6 rings (SSSR count). The fourth-order valence-electron chi connectivity index (χ4n) is 6.03. The predicted molar refractivity (Wildman–Crippen MR) is 151 cm³/mol. The van der Waals surface area contributed by atoms with Crippen LogP contribution in [0, 0.1) is 6.92 Å². The largest absolute Gasteiger partial charge is 0.464 e. The summed E-state index contributed by atoms with van der Waals surface area (Å²) in [5.74, 6) is -1.66. The van der Waals surface area contributed by atoms with E-state index in [2.05, 4.69) is 17.4 Å². The van der Waals surface area contributed by atoms with Crippen LogP contribution in [0.15, 0.2) is 80.5 Å². The van der Waals surface area contributed by atoms with Gasteiger partial charge in [-0.3, -0.25) is 9.59 Å². The van der Waals surface area contributed by atoms with E-state index in [9.17, 15) is 14.4 Å². The van der Waals surface area contributed by atoms with Gasteiger partial charge in [0.25, 0.3) is 0 Å². The minimum absolute atomic E-state index is 0.0207. The zero-order valence-electron chi connectivity index (χ0n) is 22.4. The van der Waals surface area contributed by atoms with Gasteiger partial charge in [0.05, 0.1) is 29.2 Å². The van der Waals surface area contributed by atoms with Gasteiger partial charge in [-0.05, 0) is 62.8 Å². The number of aryl methyl sites for hydroxylation is 1. The fraction of sp³-hybridized carbons (Fsp3) is 0.344. The fourth-order valence-corrected chi connectivity index (χ4v) is 6.21. The molecule has 0 bridgehead atoms. The number of halogens is 1. The zero-order chi connectivity index (χ0) is 28.0. The quantitative estimate of drug-likeness (QED) is 0.392. The number of ether oxygens (including phenoxy) is 2. The molecule has 2 aromatic carbocycles. The van der Waals surface area contributed by atoms with E-state index in [1.807, 2.05) is 19.1 Å². The first kappa shape index (κ1) is 26.5. The maximum atomic E-state index is 13.9. The smallest absolute Gasteiger partial charge is 0.336 e. The van der Waals surface area contributed by atoms with Crippen LogP contribution in [0.5, 0.6) is 0 Å². The van der Waals surface area contributed by atoms with Gasteiger partial charge in [-0.2, -0.15) is 0 Å². The van der Waals surface area contributed by atoms with Gasteiger partial charge in [0.2, 0.25) is 0 Å². The molecule has 8 heteroatoms. The van der Waals surface area contributed by atoms with E-state index in [0.717, 1.165) is 24.0 Å². The molecule has 0 amide bonds. The predicted octanol–water partition coefficient (Wildman–Crippen LogP) is 5.84. The Balaban J connectivity index is 1.44. The molecule has 1 aromatic heterocycles. The van der Waals surface area contributed by atoms with Gasteiger partial charge >= 0.3 is 5.97 Å². The van der Waals surface area contributed by atoms with Crippen LogP contribution < -0.4 is 10.7 Å². The SMILES string of the molecule is CC1=C(C(=O)OC[C@@H]2CCCO2)[C@@H](c2coc3ccc(Cl)cc3c2=O)C2=C(C[C@H](c3ccc(C)cc3)CC2=O)N1. The third-order valence-electron chi connectivity index (χ3n) is 8.09. The number of hydrogen-bond donors (Lipinski definition) is 1. The van der Waals surface area contributed by atoms with Crippen molar-refractivity contribution in [3.8, 4) is 0 Å². The van der Waals surface area contributed by atoms with Crippen LogP contribution in [-0.2, 0) is 19.1 Å². The maximum absolute atomic E-state index is 13.9. The number of Topliss-reactive ketones (excluding diaryl/α,β-unsaturated/α-hetero) is 1. The Kier molecular flexibility index (Phi) is 7.11. The minimum atomic E-state index is -0.931. The monoisotopic (exact) mass is 559 g/mol. The molecule has 0 spiro atoms. The van der Waals surface area contributed by atoms with E-state index >= 15 is 0 Å². The number of rotatable bonds is 5. The lowest BCUT2D eigenvalue weighted by atomic mass is 9.72. The van der Waals surface area contributed by atoms with Crippen LogP contribution in [0.2, 0.25) is 5.02 Å². The second kappa shape index (κ2) is 10.7. The van der Waals surface area contributed by atoms with Gasteiger partial charge in [0, 0.05) is 40.6 Å². The Morgan fingerprint density at radius 3 is 2.65 bits per heavy atom. The number of allylic oxidation sites excluding steroid dienone is 3. The van der Waals surface area contributed by atoms with E-state index in [1.54, 1.807) is 25.1 Å². The Hall–Kier alpha value is -3.68. The van der Waals surface area contributed by atoms with E-state index in [1.165, 1.54) is 6.26 Å². The van der Waals surface area contributed by atoms with E-state index < -0.39 is 11.9 Å². The Morgan fingerprint density at radius 2 is 1.90 bits per heavy atom. The summed E-state index contributed by atoms with van der Waals surface area (Å²) in [7, 11) is 0. The minimum Gasteiger partial charge on any atom is -0.464 e. The van der Waals surface area contributed by atoms with Crippen LogP contribution in [0.1, 0.15) is 61.1 Å². The molecular formula is C32H30ClNO6. The number of benzene rings is 2. The molecule has 1 N–H and O–H groups in total. The van der Waals surface area contributed by atoms with Crippen molar-refractivity contribution in [2.75, 3.05) is 13.2 Å². The first-order valence-electron chi connectivity index (χ1n) is 13.6. The molecule has 3 atom stereocenters. The standard InChI is InChI=1S/C32H30ClNO6/c1-17-5-7-19(8-6-17)20-12-25-30(26(35)13-20)29(24-16-39-27-10-9-21(33)14-23(27)31(24)36)28(18(2)34-25)32(37)40-15-22-4-3-11-38-22/h5-10,14,16,20,22,29,34H,3-4,11-13,15H2,1-2H3/t20-,22-,29+/m0/s1. The highest BCUT2D eigenvalue weighted by Crippen LogP contribution is 2.45. The molecule has 206 valence electrons. The Bertz CT molecular complexity index is 1630. The van der Waals surface area contributed by atoms with Crippen molar-refractivity contribution in [2.45, 2.75) is 57.5 Å². The number of esters is 1. The Labute approximate surface area is 236 Å². The number of nitrogens with one attached hydrogen (secondary N) is 1. The van der Waals surface area contributed by atoms with Crippen LogP contribution in [0.3, 0.4) is 0 Å². The molecule has 1 aliphatic carbocycles. The molecule has 1 saturated heterocycles. The molecule has 3 aliphatic rings. The van der Waals surface area contributed by atoms with Crippen LogP contribution >= 0.6 is 11.6 Å². The Morgan fingerprint density at radius 1 is 1.10 bits per heavy atom. The lowest BCUT2D eigenvalue weighted by Gasteiger charge is -2.36. The summed E-state index contributed by atoms with van der Waals surface area (Å²) in [5, 5.41) is 4.01. The average molecular weight is 560 g/mol. The highest BCUT2D eigenvalue weighted by molar-refractivity contribution is 6.31. The van der Waals surface area contributed by atoms with E-state index in [0.29, 0.717) is 40.6 Å². The summed E-state index contributed by atoms with van der Waals surface area (Å²) in [6, 6.07) is 13.0. The van der Waals surface area contributed by atoms with Crippen molar-refractivity contribution >= 4 is 34.3 Å². The van der Waals surface area contributed by atoms with Crippen molar-refractivity contribution in [1.29, 1.82) is 0 Å². The summed E-state index contributed by atoms with van der Waals surface area (Å²) in [6.45, 7) is 4.56. The van der Waals surface area contributed by atoms with Crippen molar-refractivity contribution in [2.24, 2.45) is 0 Å². The molecule has 40 heavy (non-hydrogen) atoms. The second-order valence-corrected chi connectivity index (χ2v) is 11.3. The third-order valence-corrected chi connectivity index (χ3v) is 8.33. The van der Waals surface area contributed by atoms with Gasteiger partial charge in [0.15, 0.2) is 11.2 Å². The van der Waals surface area contributed by atoms with E-state index in [-0.39, 0.29) is 52.8 Å². The van der Waals surface area contributed by atoms with Crippen molar-refractivity contribution in [3.05, 3.63) is 103 Å². The molecular weight excluding hydrogens is 530 g/mol. The number of carbonyl (C=O) groups is 2. The molecule has 3 aromatic rings. The third kappa shape index (κ3) is 4.88. The second-order valence-electron chi connectivity index (χ2n) is 10.8. The van der Waals surface area contributed by atoms with Gasteiger partial charge < -0.3 is 19.2 Å². The molecule has 1 fully saturated rings. The van der Waals surface area contributed by atoms with Gasteiger partial charge in [-0.15, -0.1) is 0 Å². The highest BCUT2D eigenvalue weighted by atomic mass is 35.5. The molecule has 3 heterocycles. The van der Waals surface area contributed by atoms with Crippen molar-refractivity contribution in [3.63, 3.8) is 0 Å². The van der Waals surface area contributed by atoms with Crippen molar-refractivity contribution in [1.82, 2.24) is 5.32 Å². The highest BCUT2D eigenvalue weighted by Gasteiger charge is 2.43. The summed E-state index contributed by atoms with van der Waals surface area (Å²) < 4.78 is 17.2. The molecule has 0 radical (unpaired) electrons. The lowest BCUT2D eigenvalue weighted by molar-refractivity contribution is -0.142. The molecule has 0 saturated carbocycles. The normalized spacial score (nSPS) is 22.9. The average Bonchev–Trinajstić information content (AvgIpc) is 3.46. The summed E-state index contributed by atoms with van der Waals surface area (Å²) in [4.78, 5) is 41.4. The van der Waals surface area contributed by atoms with Crippen LogP contribution in [-0.4, -0.2) is 31.1 Å². The number of dihydropyridines is 1. The van der Waals surface area contributed by atoms with E-state index in [4.69, 9.17) is 25.5 Å². The first-order chi connectivity index (χ1) is 19.3. The molecule has 7 nitrogen and oxygen atoms in total. The van der Waals surface area contributed by atoms with Crippen molar-refractivity contribution < 1.29 is 23.5 Å². The van der Waals surface area contributed by atoms with Crippen LogP contribution in [0.25, 0.3) is 11.0 Å². The van der Waals surface area contributed by atoms with Gasteiger partial charge in [-0.1, -0.05) is 41.4 Å². The summed E-state index contributed by atoms with van der Waals surface area (Å²) in [6.07, 6.45) is 3.77. The summed E-state index contributed by atoms with van der Waals surface area (Å²) >= 11 is 6.20.